The number of amides is 1. The highest BCUT2D eigenvalue weighted by Crippen LogP contribution is 2.22. The second-order valence-corrected chi connectivity index (χ2v) is 7.00. The number of nitrogens with two attached hydrogens (primary N) is 1. The molecule has 0 aromatic heterocycles. The van der Waals surface area contributed by atoms with Gasteiger partial charge in [-0.1, -0.05) is 27.5 Å². The second-order valence-electron chi connectivity index (χ2n) is 4.23. The SMILES string of the molecule is Nc1cc(Br)ccc1S(=O)CC(=O)Nc1ccc(Cl)cc1. The Balaban J connectivity index is 2.02. The summed E-state index contributed by atoms with van der Waals surface area (Å²) in [6.45, 7) is 0. The van der Waals surface area contributed by atoms with Gasteiger partial charge in [0.1, 0.15) is 5.75 Å². The molecular weight excluding hydrogens is 376 g/mol. The molecule has 0 saturated carbocycles. The van der Waals surface area contributed by atoms with E-state index < -0.39 is 10.8 Å². The van der Waals surface area contributed by atoms with Crippen LogP contribution in [0.5, 0.6) is 0 Å². The van der Waals surface area contributed by atoms with E-state index in [1.54, 1.807) is 42.5 Å². The molecular formula is C14H12BrClN2O2S. The summed E-state index contributed by atoms with van der Waals surface area (Å²) < 4.78 is 13.0. The first-order valence-electron chi connectivity index (χ1n) is 5.94. The molecule has 2 aromatic carbocycles. The minimum Gasteiger partial charge on any atom is -0.398 e. The Kier molecular flexibility index (Phi) is 5.39. The van der Waals surface area contributed by atoms with Crippen molar-refractivity contribution >= 4 is 55.6 Å². The number of anilines is 2. The largest absolute Gasteiger partial charge is 0.398 e. The molecule has 0 fully saturated rings. The Morgan fingerprint density at radius 3 is 2.52 bits per heavy atom. The number of rotatable bonds is 4. The maximum absolute atomic E-state index is 12.2. The summed E-state index contributed by atoms with van der Waals surface area (Å²) in [5.41, 5.74) is 6.79. The van der Waals surface area contributed by atoms with E-state index in [-0.39, 0.29) is 11.7 Å². The lowest BCUT2D eigenvalue weighted by atomic mass is 10.3. The fraction of sp³-hybridized carbons (Fsp3) is 0.0714. The highest BCUT2D eigenvalue weighted by atomic mass is 79.9. The quantitative estimate of drug-likeness (QED) is 0.789. The lowest BCUT2D eigenvalue weighted by Crippen LogP contribution is -2.20. The van der Waals surface area contributed by atoms with Crippen LogP contribution in [0.15, 0.2) is 51.8 Å². The van der Waals surface area contributed by atoms with Crippen molar-refractivity contribution in [3.8, 4) is 0 Å². The Hall–Kier alpha value is -1.37. The normalized spacial score (nSPS) is 11.9. The summed E-state index contributed by atoms with van der Waals surface area (Å²) in [4.78, 5) is 12.3. The average Bonchev–Trinajstić information content (AvgIpc) is 2.41. The van der Waals surface area contributed by atoms with Gasteiger partial charge in [-0.2, -0.15) is 0 Å². The van der Waals surface area contributed by atoms with Crippen LogP contribution in [0.25, 0.3) is 0 Å². The van der Waals surface area contributed by atoms with Crippen molar-refractivity contribution in [3.05, 3.63) is 52.0 Å². The van der Waals surface area contributed by atoms with E-state index in [9.17, 15) is 9.00 Å². The Morgan fingerprint density at radius 1 is 1.24 bits per heavy atom. The maximum Gasteiger partial charge on any atom is 0.237 e. The third-order valence-corrected chi connectivity index (χ3v) is 4.74. The van der Waals surface area contributed by atoms with Gasteiger partial charge >= 0.3 is 0 Å². The van der Waals surface area contributed by atoms with Crippen LogP contribution in [-0.2, 0) is 15.6 Å². The van der Waals surface area contributed by atoms with Gasteiger partial charge in [0, 0.05) is 20.9 Å². The third-order valence-electron chi connectivity index (χ3n) is 2.61. The first-order valence-corrected chi connectivity index (χ1v) is 8.43. The zero-order valence-corrected chi connectivity index (χ0v) is 14.0. The van der Waals surface area contributed by atoms with Crippen LogP contribution in [-0.4, -0.2) is 15.9 Å². The molecule has 1 unspecified atom stereocenters. The number of halogens is 2. The molecule has 7 heteroatoms. The van der Waals surface area contributed by atoms with Crippen molar-refractivity contribution < 1.29 is 9.00 Å². The number of carbonyl (C=O) groups is 1. The number of hydrogen-bond acceptors (Lipinski definition) is 3. The summed E-state index contributed by atoms with van der Waals surface area (Å²) >= 11 is 9.04. The Morgan fingerprint density at radius 2 is 1.90 bits per heavy atom. The molecule has 110 valence electrons. The van der Waals surface area contributed by atoms with Crippen molar-refractivity contribution in [1.82, 2.24) is 0 Å². The second kappa shape index (κ2) is 7.06. The lowest BCUT2D eigenvalue weighted by molar-refractivity contribution is -0.113. The smallest absolute Gasteiger partial charge is 0.237 e. The van der Waals surface area contributed by atoms with Crippen molar-refractivity contribution in [2.24, 2.45) is 0 Å². The Bertz CT molecular complexity index is 692. The molecule has 0 heterocycles. The average molecular weight is 388 g/mol. The van der Waals surface area contributed by atoms with Crippen molar-refractivity contribution in [3.63, 3.8) is 0 Å². The van der Waals surface area contributed by atoms with Gasteiger partial charge < -0.3 is 11.1 Å². The first kappa shape index (κ1) is 16.0. The van der Waals surface area contributed by atoms with Crippen LogP contribution in [0.1, 0.15) is 0 Å². The fourth-order valence-electron chi connectivity index (χ4n) is 1.65. The molecule has 0 aliphatic rings. The third kappa shape index (κ3) is 4.56. The van der Waals surface area contributed by atoms with Crippen molar-refractivity contribution in [1.29, 1.82) is 0 Å². The molecule has 0 aliphatic carbocycles. The predicted octanol–water partition coefficient (Wildman–Crippen LogP) is 3.43. The number of hydrogen-bond donors (Lipinski definition) is 2. The summed E-state index contributed by atoms with van der Waals surface area (Å²) in [7, 11) is -1.50. The van der Waals surface area contributed by atoms with Crippen LogP contribution >= 0.6 is 27.5 Å². The number of benzene rings is 2. The van der Waals surface area contributed by atoms with Gasteiger partial charge in [-0.15, -0.1) is 0 Å². The van der Waals surface area contributed by atoms with E-state index in [0.717, 1.165) is 4.47 Å². The molecule has 0 radical (unpaired) electrons. The van der Waals surface area contributed by atoms with E-state index in [2.05, 4.69) is 21.2 Å². The summed E-state index contributed by atoms with van der Waals surface area (Å²) in [6.07, 6.45) is 0. The number of carbonyl (C=O) groups excluding carboxylic acids is 1. The minimum absolute atomic E-state index is 0.158. The highest BCUT2D eigenvalue weighted by molar-refractivity contribution is 9.10. The van der Waals surface area contributed by atoms with Gasteiger partial charge in [0.2, 0.25) is 5.91 Å². The van der Waals surface area contributed by atoms with Gasteiger partial charge in [0.05, 0.1) is 15.7 Å². The first-order chi connectivity index (χ1) is 9.95. The molecule has 1 amide bonds. The summed E-state index contributed by atoms with van der Waals surface area (Å²) in [5, 5.41) is 3.24. The van der Waals surface area contributed by atoms with E-state index in [4.69, 9.17) is 17.3 Å². The molecule has 0 bridgehead atoms. The summed E-state index contributed by atoms with van der Waals surface area (Å²) in [5.74, 6) is -0.507. The predicted molar refractivity (Wildman–Crippen MR) is 89.9 cm³/mol. The van der Waals surface area contributed by atoms with E-state index in [1.165, 1.54) is 0 Å². The van der Waals surface area contributed by atoms with Crippen molar-refractivity contribution in [2.45, 2.75) is 4.90 Å². The van der Waals surface area contributed by atoms with Crippen LogP contribution in [0, 0.1) is 0 Å². The molecule has 2 aromatic rings. The zero-order chi connectivity index (χ0) is 15.4. The lowest BCUT2D eigenvalue weighted by Gasteiger charge is -2.07. The van der Waals surface area contributed by atoms with Crippen LogP contribution in [0.3, 0.4) is 0 Å². The molecule has 0 aliphatic heterocycles. The Labute approximate surface area is 138 Å². The van der Waals surface area contributed by atoms with Crippen LogP contribution in [0.2, 0.25) is 5.02 Å². The molecule has 4 nitrogen and oxygen atoms in total. The standard InChI is InChI=1S/C14H12BrClN2O2S/c15-9-1-6-13(12(17)7-9)21(20)8-14(19)18-11-4-2-10(16)3-5-11/h1-7H,8,17H2,(H,18,19). The molecule has 0 saturated heterocycles. The van der Waals surface area contributed by atoms with Crippen molar-refractivity contribution in [2.75, 3.05) is 16.8 Å². The number of nitrogen functional groups attached to an aromatic ring is 1. The monoisotopic (exact) mass is 386 g/mol. The van der Waals surface area contributed by atoms with Gasteiger partial charge in [0.15, 0.2) is 0 Å². The topological polar surface area (TPSA) is 72.2 Å². The van der Waals surface area contributed by atoms with Gasteiger partial charge in [-0.3, -0.25) is 9.00 Å². The van der Waals surface area contributed by atoms with Gasteiger partial charge in [-0.05, 0) is 42.5 Å². The fourth-order valence-corrected chi connectivity index (χ4v) is 3.17. The zero-order valence-electron chi connectivity index (χ0n) is 10.8. The maximum atomic E-state index is 12.2. The van der Waals surface area contributed by atoms with E-state index >= 15 is 0 Å². The molecule has 21 heavy (non-hydrogen) atoms. The molecule has 2 rings (SSSR count). The number of nitrogens with one attached hydrogen (secondary N) is 1. The van der Waals surface area contributed by atoms with E-state index in [0.29, 0.717) is 21.3 Å². The molecule has 3 N–H and O–H groups in total. The molecule has 0 spiro atoms. The minimum atomic E-state index is -1.50. The molecule has 1 atom stereocenters. The highest BCUT2D eigenvalue weighted by Gasteiger charge is 2.13. The van der Waals surface area contributed by atoms with Gasteiger partial charge in [-0.25, -0.2) is 0 Å². The van der Waals surface area contributed by atoms with Gasteiger partial charge in [0.25, 0.3) is 0 Å². The van der Waals surface area contributed by atoms with Crippen LogP contribution < -0.4 is 11.1 Å². The van der Waals surface area contributed by atoms with Crippen LogP contribution in [0.4, 0.5) is 11.4 Å². The van der Waals surface area contributed by atoms with E-state index in [1.807, 2.05) is 0 Å². The summed E-state index contributed by atoms with van der Waals surface area (Å²) in [6, 6.07) is 11.7.